The van der Waals surface area contributed by atoms with Crippen molar-refractivity contribution in [2.75, 3.05) is 11.9 Å². The highest BCUT2D eigenvalue weighted by Crippen LogP contribution is 2.33. The second kappa shape index (κ2) is 4.41. The van der Waals surface area contributed by atoms with E-state index in [1.807, 2.05) is 30.3 Å². The molecule has 3 atom stereocenters. The van der Waals surface area contributed by atoms with Crippen LogP contribution < -0.4 is 5.32 Å². The topological polar surface area (TPSA) is 72.7 Å². The lowest BCUT2D eigenvalue weighted by Crippen LogP contribution is -2.51. The van der Waals surface area contributed by atoms with Crippen LogP contribution in [0.5, 0.6) is 0 Å². The number of anilines is 1. The third kappa shape index (κ3) is 1.91. The molecule has 1 saturated carbocycles. The highest BCUT2D eigenvalue weighted by Gasteiger charge is 2.46. The highest BCUT2D eigenvalue weighted by atomic mass is 16.3. The minimum atomic E-state index is -0.933. The van der Waals surface area contributed by atoms with Crippen LogP contribution in [-0.4, -0.2) is 39.7 Å². The lowest BCUT2D eigenvalue weighted by molar-refractivity contribution is 0.00111. The summed E-state index contributed by atoms with van der Waals surface area (Å²) in [5, 5.41) is 32.0. The maximum atomic E-state index is 9.90. The van der Waals surface area contributed by atoms with Crippen molar-refractivity contribution in [1.82, 2.24) is 0 Å². The van der Waals surface area contributed by atoms with Crippen LogP contribution in [-0.2, 0) is 0 Å². The largest absolute Gasteiger partial charge is 0.394 e. The van der Waals surface area contributed by atoms with Crippen LogP contribution in [0.25, 0.3) is 0 Å². The van der Waals surface area contributed by atoms with Gasteiger partial charge in [0.05, 0.1) is 18.2 Å². The molecule has 4 N–H and O–H groups in total. The minimum absolute atomic E-state index is 0.194. The van der Waals surface area contributed by atoms with E-state index in [0.717, 1.165) is 5.69 Å². The van der Waals surface area contributed by atoms with Gasteiger partial charge in [0, 0.05) is 5.69 Å². The first-order valence-corrected chi connectivity index (χ1v) is 5.48. The molecule has 4 heteroatoms. The Bertz CT molecular complexity index is 343. The quantitative estimate of drug-likeness (QED) is 0.596. The number of nitrogens with one attached hydrogen (secondary N) is 1. The Labute approximate surface area is 94.5 Å². The number of benzene rings is 1. The van der Waals surface area contributed by atoms with E-state index in [4.69, 9.17) is 0 Å². The van der Waals surface area contributed by atoms with Crippen LogP contribution in [0.15, 0.2) is 30.3 Å². The number of aliphatic hydroxyl groups excluding tert-OH is 3. The van der Waals surface area contributed by atoms with Crippen molar-refractivity contribution >= 4 is 5.69 Å². The molecule has 0 heterocycles. The van der Waals surface area contributed by atoms with E-state index in [1.54, 1.807) is 0 Å². The van der Waals surface area contributed by atoms with Gasteiger partial charge in [-0.05, 0) is 25.0 Å². The fourth-order valence-corrected chi connectivity index (χ4v) is 2.24. The van der Waals surface area contributed by atoms with Crippen molar-refractivity contribution in [2.24, 2.45) is 0 Å². The van der Waals surface area contributed by atoms with E-state index < -0.39 is 17.7 Å². The molecule has 0 saturated heterocycles. The second-order valence-electron chi connectivity index (χ2n) is 4.36. The Morgan fingerprint density at radius 1 is 1.25 bits per heavy atom. The second-order valence-corrected chi connectivity index (χ2v) is 4.36. The van der Waals surface area contributed by atoms with Gasteiger partial charge in [0.1, 0.15) is 6.10 Å². The molecule has 0 aromatic heterocycles. The van der Waals surface area contributed by atoms with Crippen molar-refractivity contribution < 1.29 is 15.3 Å². The van der Waals surface area contributed by atoms with Gasteiger partial charge in [-0.1, -0.05) is 18.2 Å². The average Bonchev–Trinajstić information content (AvgIpc) is 2.60. The molecule has 0 bridgehead atoms. The number of rotatable bonds is 3. The molecule has 0 aliphatic heterocycles. The van der Waals surface area contributed by atoms with Crippen molar-refractivity contribution in [1.29, 1.82) is 0 Å². The molecule has 0 unspecified atom stereocenters. The predicted octanol–water partition coefficient (Wildman–Crippen LogP) is 0.345. The van der Waals surface area contributed by atoms with Gasteiger partial charge in [-0.25, -0.2) is 0 Å². The zero-order valence-electron chi connectivity index (χ0n) is 9.00. The maximum absolute atomic E-state index is 9.90. The summed E-state index contributed by atoms with van der Waals surface area (Å²) in [6, 6.07) is 9.40. The van der Waals surface area contributed by atoms with Crippen molar-refractivity contribution in [3.05, 3.63) is 30.3 Å². The summed E-state index contributed by atoms with van der Waals surface area (Å²) >= 11 is 0. The molecule has 0 amide bonds. The number of para-hydroxylation sites is 1. The summed E-state index contributed by atoms with van der Waals surface area (Å²) in [5.41, 5.74) is 0.0190. The van der Waals surface area contributed by atoms with Crippen molar-refractivity contribution in [2.45, 2.75) is 30.6 Å². The van der Waals surface area contributed by atoms with Gasteiger partial charge in [-0.2, -0.15) is 0 Å². The minimum Gasteiger partial charge on any atom is -0.394 e. The Kier molecular flexibility index (Phi) is 3.14. The fraction of sp³-hybridized carbons (Fsp3) is 0.500. The van der Waals surface area contributed by atoms with Crippen molar-refractivity contribution in [3.8, 4) is 0 Å². The standard InChI is InChI=1S/C12H17NO3/c14-8-12(7-6-10(15)11(12)16)13-9-4-2-1-3-5-9/h1-5,10-11,13-16H,6-8H2/t10-,11+,12-/m1/s1. The number of hydrogen-bond donors (Lipinski definition) is 4. The molecule has 4 nitrogen and oxygen atoms in total. The van der Waals surface area contributed by atoms with E-state index in [1.165, 1.54) is 0 Å². The molecular formula is C12H17NO3. The first-order chi connectivity index (χ1) is 7.68. The monoisotopic (exact) mass is 223 g/mol. The molecule has 1 fully saturated rings. The summed E-state index contributed by atoms with van der Waals surface area (Å²) in [6.07, 6.45) is -0.636. The third-order valence-corrected chi connectivity index (χ3v) is 3.27. The SMILES string of the molecule is OC[C@]1(Nc2ccccc2)CC[C@@H](O)[C@@H]1O. The van der Waals surface area contributed by atoms with Crippen LogP contribution in [0, 0.1) is 0 Å². The Balaban J connectivity index is 2.17. The molecule has 88 valence electrons. The zero-order chi connectivity index (χ0) is 11.6. The summed E-state index contributed by atoms with van der Waals surface area (Å²) in [6.45, 7) is -0.194. The fourth-order valence-electron chi connectivity index (χ4n) is 2.24. The first-order valence-electron chi connectivity index (χ1n) is 5.48. The lowest BCUT2D eigenvalue weighted by Gasteiger charge is -2.33. The number of hydrogen-bond acceptors (Lipinski definition) is 4. The van der Waals surface area contributed by atoms with Gasteiger partial charge in [-0.3, -0.25) is 0 Å². The molecule has 2 rings (SSSR count). The number of aliphatic hydroxyl groups is 3. The molecule has 1 aromatic carbocycles. The normalized spacial score (nSPS) is 33.9. The third-order valence-electron chi connectivity index (χ3n) is 3.27. The summed E-state index contributed by atoms with van der Waals surface area (Å²) < 4.78 is 0. The van der Waals surface area contributed by atoms with E-state index in [-0.39, 0.29) is 6.61 Å². The van der Waals surface area contributed by atoms with Gasteiger partial charge < -0.3 is 20.6 Å². The first kappa shape index (κ1) is 11.4. The van der Waals surface area contributed by atoms with Gasteiger partial charge in [0.2, 0.25) is 0 Å². The maximum Gasteiger partial charge on any atom is 0.105 e. The highest BCUT2D eigenvalue weighted by molar-refractivity contribution is 5.46. The predicted molar refractivity (Wildman–Crippen MR) is 61.1 cm³/mol. The van der Waals surface area contributed by atoms with Crippen LogP contribution in [0.3, 0.4) is 0 Å². The van der Waals surface area contributed by atoms with E-state index >= 15 is 0 Å². The van der Waals surface area contributed by atoms with Crippen LogP contribution in [0.1, 0.15) is 12.8 Å². The van der Waals surface area contributed by atoms with Gasteiger partial charge in [0.25, 0.3) is 0 Å². The Hall–Kier alpha value is -1.10. The zero-order valence-corrected chi connectivity index (χ0v) is 9.00. The summed E-state index contributed by atoms with van der Waals surface area (Å²) in [5.74, 6) is 0. The van der Waals surface area contributed by atoms with Crippen LogP contribution in [0.2, 0.25) is 0 Å². The van der Waals surface area contributed by atoms with E-state index in [2.05, 4.69) is 5.32 Å². The van der Waals surface area contributed by atoms with Gasteiger partial charge in [-0.15, -0.1) is 0 Å². The lowest BCUT2D eigenvalue weighted by atomic mass is 9.95. The summed E-state index contributed by atoms with van der Waals surface area (Å²) in [7, 11) is 0. The van der Waals surface area contributed by atoms with Gasteiger partial charge in [0.15, 0.2) is 0 Å². The van der Waals surface area contributed by atoms with Crippen molar-refractivity contribution in [3.63, 3.8) is 0 Å². The molecule has 1 aliphatic rings. The van der Waals surface area contributed by atoms with E-state index in [0.29, 0.717) is 12.8 Å². The van der Waals surface area contributed by atoms with Crippen LogP contribution in [0.4, 0.5) is 5.69 Å². The smallest absolute Gasteiger partial charge is 0.105 e. The Morgan fingerprint density at radius 2 is 1.94 bits per heavy atom. The molecule has 16 heavy (non-hydrogen) atoms. The average molecular weight is 223 g/mol. The molecule has 0 spiro atoms. The van der Waals surface area contributed by atoms with E-state index in [9.17, 15) is 15.3 Å². The summed E-state index contributed by atoms with van der Waals surface area (Å²) in [4.78, 5) is 0. The van der Waals surface area contributed by atoms with Gasteiger partial charge >= 0.3 is 0 Å². The molecule has 0 radical (unpaired) electrons. The molecule has 1 aliphatic carbocycles. The molecular weight excluding hydrogens is 206 g/mol. The molecule has 1 aromatic rings. The Morgan fingerprint density at radius 3 is 2.44 bits per heavy atom. The van der Waals surface area contributed by atoms with Crippen LogP contribution >= 0.6 is 0 Å².